The Bertz CT molecular complexity index is 817. The molecular formula is C18H20FN3O2. The van der Waals surface area contributed by atoms with Crippen molar-refractivity contribution >= 4 is 11.0 Å². The molecule has 0 saturated carbocycles. The van der Waals surface area contributed by atoms with Gasteiger partial charge in [-0.3, -0.25) is 0 Å². The summed E-state index contributed by atoms with van der Waals surface area (Å²) in [6, 6.07) is 7.72. The van der Waals surface area contributed by atoms with Crippen LogP contribution in [0.1, 0.15) is 42.9 Å². The Hall–Kier alpha value is -2.31. The predicted molar refractivity (Wildman–Crippen MR) is 88.7 cm³/mol. The minimum Gasteiger partial charge on any atom is -0.388 e. The van der Waals surface area contributed by atoms with Crippen LogP contribution < -0.4 is 0 Å². The number of hydrogen-bond donors (Lipinski definition) is 2. The van der Waals surface area contributed by atoms with Crippen LogP contribution in [0.25, 0.3) is 11.0 Å². The molecule has 0 bridgehead atoms. The van der Waals surface area contributed by atoms with Gasteiger partial charge < -0.3 is 14.8 Å². The van der Waals surface area contributed by atoms with Gasteiger partial charge in [0.15, 0.2) is 0 Å². The van der Waals surface area contributed by atoms with E-state index in [-0.39, 0.29) is 5.82 Å². The first-order valence-corrected chi connectivity index (χ1v) is 7.96. The van der Waals surface area contributed by atoms with Gasteiger partial charge in [-0.15, -0.1) is 0 Å². The van der Waals surface area contributed by atoms with Crippen LogP contribution in [0, 0.1) is 12.7 Å². The highest BCUT2D eigenvalue weighted by atomic mass is 19.1. The molecule has 24 heavy (non-hydrogen) atoms. The van der Waals surface area contributed by atoms with E-state index in [4.69, 9.17) is 0 Å². The zero-order valence-corrected chi connectivity index (χ0v) is 13.4. The molecule has 3 rings (SSSR count). The van der Waals surface area contributed by atoms with Gasteiger partial charge in [-0.2, -0.15) is 0 Å². The lowest BCUT2D eigenvalue weighted by Crippen LogP contribution is -2.08. The number of rotatable bonds is 6. The monoisotopic (exact) mass is 329 g/mol. The van der Waals surface area contributed by atoms with Crippen LogP contribution in [0.15, 0.2) is 42.9 Å². The molecule has 2 aromatic heterocycles. The molecule has 0 unspecified atom stereocenters. The van der Waals surface area contributed by atoms with Crippen LogP contribution in [0.3, 0.4) is 0 Å². The molecule has 3 aromatic rings. The molecule has 0 aliphatic heterocycles. The summed E-state index contributed by atoms with van der Waals surface area (Å²) in [7, 11) is 0. The molecule has 0 fully saturated rings. The Morgan fingerprint density at radius 1 is 1.08 bits per heavy atom. The number of benzene rings is 1. The van der Waals surface area contributed by atoms with E-state index in [2.05, 4.69) is 9.97 Å². The predicted octanol–water partition coefficient (Wildman–Crippen LogP) is 3.27. The highest BCUT2D eigenvalue weighted by Crippen LogP contribution is 2.24. The van der Waals surface area contributed by atoms with Crippen molar-refractivity contribution in [2.75, 3.05) is 0 Å². The zero-order valence-electron chi connectivity index (χ0n) is 13.4. The van der Waals surface area contributed by atoms with Gasteiger partial charge in [0, 0.05) is 11.6 Å². The van der Waals surface area contributed by atoms with Crippen molar-refractivity contribution in [1.82, 2.24) is 14.5 Å². The van der Waals surface area contributed by atoms with Crippen molar-refractivity contribution in [3.63, 3.8) is 0 Å². The third-order valence-electron chi connectivity index (χ3n) is 4.22. The van der Waals surface area contributed by atoms with Gasteiger partial charge in [-0.25, -0.2) is 14.4 Å². The molecule has 0 aliphatic rings. The molecule has 0 aliphatic carbocycles. The SMILES string of the molecule is Cc1ncnc2c1ccn2[C@H](O)CCC[C@H](O)c1ccc(F)cc1. The molecule has 5 nitrogen and oxygen atoms in total. The first-order valence-electron chi connectivity index (χ1n) is 7.96. The molecule has 1 aromatic carbocycles. The quantitative estimate of drug-likeness (QED) is 0.728. The number of nitrogens with zero attached hydrogens (tertiary/aromatic N) is 3. The largest absolute Gasteiger partial charge is 0.388 e. The summed E-state index contributed by atoms with van der Waals surface area (Å²) in [5, 5.41) is 21.4. The van der Waals surface area contributed by atoms with E-state index in [1.54, 1.807) is 22.9 Å². The molecule has 0 radical (unpaired) electrons. The summed E-state index contributed by atoms with van der Waals surface area (Å²) in [6.45, 7) is 1.90. The van der Waals surface area contributed by atoms with Crippen LogP contribution in [0.2, 0.25) is 0 Å². The van der Waals surface area contributed by atoms with Gasteiger partial charge in [0.2, 0.25) is 0 Å². The Labute approximate surface area is 139 Å². The van der Waals surface area contributed by atoms with E-state index in [0.29, 0.717) is 30.5 Å². The molecule has 2 atom stereocenters. The second kappa shape index (κ2) is 7.07. The van der Waals surface area contributed by atoms with E-state index in [1.165, 1.54) is 18.5 Å². The number of halogens is 1. The lowest BCUT2D eigenvalue weighted by atomic mass is 10.0. The second-order valence-electron chi connectivity index (χ2n) is 5.90. The van der Waals surface area contributed by atoms with Gasteiger partial charge in [0.25, 0.3) is 0 Å². The fourth-order valence-corrected chi connectivity index (χ4v) is 2.82. The topological polar surface area (TPSA) is 71.2 Å². The Kier molecular flexibility index (Phi) is 4.87. The third-order valence-corrected chi connectivity index (χ3v) is 4.22. The van der Waals surface area contributed by atoms with Crippen LogP contribution >= 0.6 is 0 Å². The van der Waals surface area contributed by atoms with Gasteiger partial charge in [-0.1, -0.05) is 12.1 Å². The summed E-state index contributed by atoms with van der Waals surface area (Å²) >= 11 is 0. The minimum atomic E-state index is -0.711. The highest BCUT2D eigenvalue weighted by Gasteiger charge is 2.14. The maximum absolute atomic E-state index is 12.9. The maximum Gasteiger partial charge on any atom is 0.145 e. The van der Waals surface area contributed by atoms with E-state index in [9.17, 15) is 14.6 Å². The van der Waals surface area contributed by atoms with E-state index in [1.807, 2.05) is 13.0 Å². The van der Waals surface area contributed by atoms with Gasteiger partial charge in [0.1, 0.15) is 24.0 Å². The molecule has 2 heterocycles. The van der Waals surface area contributed by atoms with Crippen LogP contribution in [-0.4, -0.2) is 24.7 Å². The molecule has 0 spiro atoms. The van der Waals surface area contributed by atoms with Crippen molar-refractivity contribution in [1.29, 1.82) is 0 Å². The summed E-state index contributed by atoms with van der Waals surface area (Å²) in [5.41, 5.74) is 2.26. The standard InChI is InChI=1S/C18H20FN3O2/c1-12-15-9-10-22(18(15)21-11-20-12)17(24)4-2-3-16(23)13-5-7-14(19)8-6-13/h5-11,16-17,23-24H,2-4H2,1H3/t16-,17+/m0/s1. The fourth-order valence-electron chi connectivity index (χ4n) is 2.82. The van der Waals surface area contributed by atoms with Crippen molar-refractivity contribution < 1.29 is 14.6 Å². The number of aromatic nitrogens is 3. The molecule has 6 heteroatoms. The number of aryl methyl sites for hydroxylation is 1. The van der Waals surface area contributed by atoms with E-state index >= 15 is 0 Å². The van der Waals surface area contributed by atoms with Gasteiger partial charge in [0.05, 0.1) is 11.8 Å². The fraction of sp³-hybridized carbons (Fsp3) is 0.333. The Balaban J connectivity index is 1.60. The zero-order chi connectivity index (χ0) is 17.1. The molecule has 0 amide bonds. The van der Waals surface area contributed by atoms with Crippen molar-refractivity contribution in [2.24, 2.45) is 0 Å². The molecule has 2 N–H and O–H groups in total. The van der Waals surface area contributed by atoms with Gasteiger partial charge in [-0.05, 0) is 49.9 Å². The lowest BCUT2D eigenvalue weighted by Gasteiger charge is -2.15. The summed E-state index contributed by atoms with van der Waals surface area (Å²) < 4.78 is 14.6. The number of fused-ring (bicyclic) bond motifs is 1. The average Bonchev–Trinajstić information content (AvgIpc) is 3.01. The number of aliphatic hydroxyl groups is 2. The smallest absolute Gasteiger partial charge is 0.145 e. The van der Waals surface area contributed by atoms with Crippen LogP contribution in [0.5, 0.6) is 0 Å². The second-order valence-corrected chi connectivity index (χ2v) is 5.90. The van der Waals surface area contributed by atoms with Crippen LogP contribution in [-0.2, 0) is 0 Å². The molecule has 0 saturated heterocycles. The minimum absolute atomic E-state index is 0.321. The lowest BCUT2D eigenvalue weighted by molar-refractivity contribution is 0.0867. The average molecular weight is 329 g/mol. The van der Waals surface area contributed by atoms with Crippen LogP contribution in [0.4, 0.5) is 4.39 Å². The van der Waals surface area contributed by atoms with E-state index in [0.717, 1.165) is 11.1 Å². The first-order chi connectivity index (χ1) is 11.6. The number of hydrogen-bond acceptors (Lipinski definition) is 4. The van der Waals surface area contributed by atoms with Crippen molar-refractivity contribution in [3.05, 3.63) is 59.9 Å². The van der Waals surface area contributed by atoms with Gasteiger partial charge >= 0.3 is 0 Å². The molecular weight excluding hydrogens is 309 g/mol. The number of aliphatic hydroxyl groups excluding tert-OH is 2. The third kappa shape index (κ3) is 3.44. The Morgan fingerprint density at radius 2 is 1.83 bits per heavy atom. The van der Waals surface area contributed by atoms with Crippen molar-refractivity contribution in [3.8, 4) is 0 Å². The van der Waals surface area contributed by atoms with E-state index < -0.39 is 12.3 Å². The maximum atomic E-state index is 12.9. The summed E-state index contributed by atoms with van der Waals surface area (Å²) in [4.78, 5) is 8.37. The first kappa shape index (κ1) is 16.5. The molecule has 126 valence electrons. The highest BCUT2D eigenvalue weighted by molar-refractivity contribution is 5.78. The summed E-state index contributed by atoms with van der Waals surface area (Å²) in [5.74, 6) is -0.321. The normalized spacial score (nSPS) is 14.0. The summed E-state index contributed by atoms with van der Waals surface area (Å²) in [6.07, 6.45) is 3.53. The van der Waals surface area contributed by atoms with Crippen molar-refractivity contribution in [2.45, 2.75) is 38.5 Å². The Morgan fingerprint density at radius 3 is 2.58 bits per heavy atom.